The van der Waals surface area contributed by atoms with E-state index in [4.69, 9.17) is 48.1 Å². The molecule has 0 bridgehead atoms. The highest BCUT2D eigenvalue weighted by Crippen LogP contribution is 2.49. The second kappa shape index (κ2) is 27.7. The molecule has 10 heteroatoms. The van der Waals surface area contributed by atoms with Crippen molar-refractivity contribution in [1.82, 2.24) is 13.7 Å². The Hall–Kier alpha value is -14.7. The number of hydrogen-bond donors (Lipinski definition) is 0. The summed E-state index contributed by atoms with van der Waals surface area (Å²) in [6.45, 7) is 0. The molecule has 27 aromatic rings. The minimum absolute atomic E-state index is 0.636. The Kier molecular flexibility index (Phi) is 16.0. The Morgan fingerprint density at radius 2 is 0.705 bits per heavy atom. The van der Waals surface area contributed by atoms with Crippen LogP contribution in [0.25, 0.3) is 245 Å². The Morgan fingerprint density at radius 1 is 0.213 bits per heavy atom. The maximum atomic E-state index is 6.51. The number of aromatic nitrogens is 3. The van der Waals surface area contributed by atoms with Crippen LogP contribution in [0.15, 0.2) is 401 Å². The van der Waals surface area contributed by atoms with Gasteiger partial charge in [-0.1, -0.05) is 284 Å². The summed E-state index contributed by atoms with van der Waals surface area (Å²) >= 11 is 21.1. The molecular weight excluding hydrogens is 1570 g/mol. The van der Waals surface area contributed by atoms with E-state index in [1.807, 2.05) is 53.8 Å². The second-order valence-electron chi connectivity index (χ2n) is 31.6. The number of thiophene rings is 1. The normalized spacial score (nSPS) is 12.1. The van der Waals surface area contributed by atoms with Crippen molar-refractivity contribution in [1.29, 1.82) is 0 Å². The molecule has 7 heterocycles. The highest BCUT2D eigenvalue weighted by Gasteiger charge is 2.25. The molecule has 0 fully saturated rings. The SMILES string of the molecule is Clc1ccc2c(c1)oc1c(-c3ccc4c5c6ccccc6c6ccccc6c5n(-c5ccc6c(c5)sc5ccccc56)c4c3)cccc12.Clc1cccc2c1oc1cc(-c3ccc4c5cc6ccccc6cc5n(-c5ccccc5)c4c3)ccc12.Clc1cccc2oc3cc(-c4ccc5c6c7ccccc7ccc6n(-c6ccccc6)c5c4)ccc3c12. The number of nitrogens with zero attached hydrogens (tertiary/aromatic N) is 3. The van der Waals surface area contributed by atoms with E-state index >= 15 is 0 Å². The molecule has 27 rings (SSSR count). The van der Waals surface area contributed by atoms with Crippen molar-refractivity contribution in [3.8, 4) is 50.4 Å². The minimum Gasteiger partial charge on any atom is -0.456 e. The van der Waals surface area contributed by atoms with Crippen LogP contribution >= 0.6 is 46.1 Å². The first kappa shape index (κ1) is 70.4. The Balaban J connectivity index is 0.000000102. The number of rotatable bonds is 6. The van der Waals surface area contributed by atoms with Gasteiger partial charge in [-0.05, 0) is 199 Å². The lowest BCUT2D eigenvalue weighted by Crippen LogP contribution is -1.95. The molecule has 0 saturated carbocycles. The topological polar surface area (TPSA) is 54.2 Å². The zero-order chi connectivity index (χ0) is 80.5. The van der Waals surface area contributed by atoms with E-state index in [-0.39, 0.29) is 0 Å². The predicted molar refractivity (Wildman–Crippen MR) is 518 cm³/mol. The largest absolute Gasteiger partial charge is 0.456 e. The van der Waals surface area contributed by atoms with E-state index in [1.54, 1.807) is 0 Å². The lowest BCUT2D eigenvalue weighted by atomic mass is 9.96. The molecule has 7 aromatic heterocycles. The van der Waals surface area contributed by atoms with Gasteiger partial charge >= 0.3 is 0 Å². The summed E-state index contributed by atoms with van der Waals surface area (Å²) in [5.41, 5.74) is 22.2. The summed E-state index contributed by atoms with van der Waals surface area (Å²) in [5, 5.41) is 28.5. The van der Waals surface area contributed by atoms with Crippen molar-refractivity contribution in [2.24, 2.45) is 0 Å². The smallest absolute Gasteiger partial charge is 0.153 e. The van der Waals surface area contributed by atoms with E-state index in [0.29, 0.717) is 15.1 Å². The van der Waals surface area contributed by atoms with Gasteiger partial charge < -0.3 is 27.0 Å². The van der Waals surface area contributed by atoms with Crippen molar-refractivity contribution in [3.05, 3.63) is 403 Å². The molecule has 0 saturated heterocycles. The second-order valence-corrected chi connectivity index (χ2v) is 34.0. The van der Waals surface area contributed by atoms with Crippen LogP contribution in [0, 0.1) is 0 Å². The van der Waals surface area contributed by atoms with Gasteiger partial charge in [0.05, 0.1) is 43.1 Å². The maximum absolute atomic E-state index is 6.51. The lowest BCUT2D eigenvalue weighted by Gasteiger charge is -2.12. The van der Waals surface area contributed by atoms with Gasteiger partial charge in [-0.3, -0.25) is 0 Å². The zero-order valence-corrected chi connectivity index (χ0v) is 68.1. The fourth-order valence-electron chi connectivity index (χ4n) is 19.4. The summed E-state index contributed by atoms with van der Waals surface area (Å²) in [6.07, 6.45) is 0. The van der Waals surface area contributed by atoms with Crippen LogP contribution in [0.2, 0.25) is 15.1 Å². The summed E-state index contributed by atoms with van der Waals surface area (Å²) in [5.74, 6) is 0. The van der Waals surface area contributed by atoms with Gasteiger partial charge in [0.25, 0.3) is 0 Å². The van der Waals surface area contributed by atoms with Gasteiger partial charge in [0.1, 0.15) is 27.9 Å². The van der Waals surface area contributed by atoms with Gasteiger partial charge in [-0.2, -0.15) is 0 Å². The fourth-order valence-corrected chi connectivity index (χ4v) is 21.2. The van der Waals surface area contributed by atoms with Crippen LogP contribution in [0.4, 0.5) is 0 Å². The standard InChI is InChI=1S/C44H24ClNOS.2C34H20ClNO/c45-26-17-20-31-36-14-7-13-28(44(36)47-39(31)23-26)25-16-19-37-38(22-25)46(27-18-21-33-32-10-5-6-15-40(32)48-41(33)24-27)43-35-12-4-2-9-30(35)29-8-1-3-11-34(29)42(37)43;35-30-12-6-11-28-27-16-14-24(20-33(27)37-34(28)30)23-13-15-26-29-17-21-7-4-5-8-22(21)18-32(29)36(31(26)19-23)25-9-2-1-3-10-25;35-28-11-6-12-31-34(28)27-17-14-23(20-32(27)37-31)22-13-16-26-30(19-22)36(24-8-2-1-3-9-24)29-18-15-21-7-4-5-10-25(21)33(26)29/h1-24H;2*1-20H. The van der Waals surface area contributed by atoms with Gasteiger partial charge in [0.2, 0.25) is 0 Å². The van der Waals surface area contributed by atoms with Gasteiger partial charge in [0, 0.05) is 124 Å². The Bertz CT molecular complexity index is 9050. The molecule has 122 heavy (non-hydrogen) atoms. The van der Waals surface area contributed by atoms with E-state index in [1.165, 1.54) is 129 Å². The molecule has 572 valence electrons. The van der Waals surface area contributed by atoms with Crippen LogP contribution in [-0.4, -0.2) is 13.7 Å². The molecule has 0 aliphatic heterocycles. The van der Waals surface area contributed by atoms with Crippen LogP contribution in [0.5, 0.6) is 0 Å². The molecule has 0 N–H and O–H groups in total. The van der Waals surface area contributed by atoms with Gasteiger partial charge in [-0.25, -0.2) is 0 Å². The molecular formula is C112H64Cl3N3O3S. The first-order valence-corrected chi connectivity index (χ1v) is 42.8. The van der Waals surface area contributed by atoms with E-state index in [9.17, 15) is 0 Å². The molecule has 0 aliphatic carbocycles. The number of furan rings is 3. The van der Waals surface area contributed by atoms with Crippen LogP contribution in [-0.2, 0) is 0 Å². The third-order valence-electron chi connectivity index (χ3n) is 24.9. The van der Waals surface area contributed by atoms with Crippen molar-refractivity contribution >= 4 is 241 Å². The monoisotopic (exact) mass is 1640 g/mol. The van der Waals surface area contributed by atoms with E-state index in [0.717, 1.165) is 116 Å². The molecule has 0 atom stereocenters. The molecule has 0 aliphatic rings. The Morgan fingerprint density at radius 3 is 1.46 bits per heavy atom. The molecule has 20 aromatic carbocycles. The van der Waals surface area contributed by atoms with E-state index < -0.39 is 0 Å². The van der Waals surface area contributed by atoms with Crippen molar-refractivity contribution in [2.75, 3.05) is 0 Å². The molecule has 6 nitrogen and oxygen atoms in total. The number of halogens is 3. The molecule has 0 amide bonds. The highest BCUT2D eigenvalue weighted by molar-refractivity contribution is 7.25. The predicted octanol–water partition coefficient (Wildman–Crippen LogP) is 34.0. The van der Waals surface area contributed by atoms with Crippen molar-refractivity contribution in [3.63, 3.8) is 0 Å². The third kappa shape index (κ3) is 11.0. The molecule has 0 radical (unpaired) electrons. The average molecular weight is 1640 g/mol. The number of hydrogen-bond acceptors (Lipinski definition) is 4. The minimum atomic E-state index is 0.636. The van der Waals surface area contributed by atoms with Crippen LogP contribution < -0.4 is 0 Å². The summed E-state index contributed by atoms with van der Waals surface area (Å²) in [7, 11) is 0. The summed E-state index contributed by atoms with van der Waals surface area (Å²) in [6, 6.07) is 138. The summed E-state index contributed by atoms with van der Waals surface area (Å²) < 4.78 is 28.7. The first-order valence-electron chi connectivity index (χ1n) is 40.9. The highest BCUT2D eigenvalue weighted by atomic mass is 35.5. The van der Waals surface area contributed by atoms with Crippen molar-refractivity contribution < 1.29 is 13.3 Å². The third-order valence-corrected chi connectivity index (χ3v) is 26.9. The summed E-state index contributed by atoms with van der Waals surface area (Å²) in [4.78, 5) is 0. The maximum Gasteiger partial charge on any atom is 0.153 e. The lowest BCUT2D eigenvalue weighted by molar-refractivity contribution is 0.669. The fraction of sp³-hybridized carbons (Fsp3) is 0. The number of para-hydroxylation sites is 4. The van der Waals surface area contributed by atoms with Crippen LogP contribution in [0.1, 0.15) is 0 Å². The molecule has 0 spiro atoms. The number of benzene rings is 20. The van der Waals surface area contributed by atoms with E-state index in [2.05, 4.69) is 359 Å². The zero-order valence-electron chi connectivity index (χ0n) is 65.1. The molecule has 0 unspecified atom stereocenters. The number of fused-ring (bicyclic) bond motifs is 29. The first-order chi connectivity index (χ1) is 60.2. The average Bonchev–Trinajstić information content (AvgIpc) is 1.55. The van der Waals surface area contributed by atoms with Crippen molar-refractivity contribution in [2.45, 2.75) is 0 Å². The Labute approximate surface area is 715 Å². The van der Waals surface area contributed by atoms with Gasteiger partial charge in [-0.15, -0.1) is 11.3 Å². The quantitative estimate of drug-likeness (QED) is 0.156. The van der Waals surface area contributed by atoms with Crippen LogP contribution in [0.3, 0.4) is 0 Å². The van der Waals surface area contributed by atoms with Gasteiger partial charge in [0.15, 0.2) is 5.58 Å².